The van der Waals surface area contributed by atoms with E-state index in [2.05, 4.69) is 24.6 Å². The molecule has 2 bridgehead atoms. The monoisotopic (exact) mass is 431 g/mol. The first-order chi connectivity index (χ1) is 14.2. The molecule has 0 heterocycles. The fourth-order valence-electron chi connectivity index (χ4n) is 5.13. The minimum atomic E-state index is -3.52. The average molecular weight is 432 g/mol. The van der Waals surface area contributed by atoms with Crippen LogP contribution in [-0.4, -0.2) is 25.5 Å². The summed E-state index contributed by atoms with van der Waals surface area (Å²) in [5.41, 5.74) is 1.11. The molecule has 4 atom stereocenters. The van der Waals surface area contributed by atoms with E-state index in [1.807, 2.05) is 36.4 Å². The summed E-state index contributed by atoms with van der Waals surface area (Å²) in [6.45, 7) is 4.60. The Morgan fingerprint density at radius 1 is 1.20 bits per heavy atom. The van der Waals surface area contributed by atoms with Gasteiger partial charge in [0.15, 0.2) is 0 Å². The zero-order valence-corrected chi connectivity index (χ0v) is 18.6. The van der Waals surface area contributed by atoms with Crippen molar-refractivity contribution in [2.24, 2.45) is 23.2 Å². The Hall–Kier alpha value is -1.92. The summed E-state index contributed by atoms with van der Waals surface area (Å²) in [5, 5.41) is 10.0. The second kappa shape index (κ2) is 9.48. The summed E-state index contributed by atoms with van der Waals surface area (Å²) in [7, 11) is -3.52. The maximum Gasteiger partial charge on any atom is 0.303 e. The molecular weight excluding hydrogens is 398 g/mol. The number of aliphatic carboxylic acids is 1. The molecule has 30 heavy (non-hydrogen) atoms. The van der Waals surface area contributed by atoms with Crippen molar-refractivity contribution in [1.82, 2.24) is 4.72 Å². The van der Waals surface area contributed by atoms with Crippen LogP contribution in [0.25, 0.3) is 6.08 Å². The third kappa shape index (κ3) is 5.61. The Kier molecular flexibility index (Phi) is 7.19. The zero-order chi connectivity index (χ0) is 21.8. The number of carboxylic acids is 1. The maximum absolute atomic E-state index is 12.7. The maximum atomic E-state index is 12.7. The van der Waals surface area contributed by atoms with Crippen LogP contribution in [-0.2, 0) is 14.8 Å². The van der Waals surface area contributed by atoms with Gasteiger partial charge in [0.1, 0.15) is 0 Å². The molecule has 1 aromatic rings. The van der Waals surface area contributed by atoms with Gasteiger partial charge in [-0.15, -0.1) is 0 Å². The van der Waals surface area contributed by atoms with E-state index in [-0.39, 0.29) is 23.8 Å². The number of nitrogens with one attached hydrogen (secondary N) is 1. The van der Waals surface area contributed by atoms with Crippen molar-refractivity contribution in [3.63, 3.8) is 0 Å². The summed E-state index contributed by atoms with van der Waals surface area (Å²) in [5.74, 6) is 0.561. The fraction of sp³-hybridized carbons (Fsp3) is 0.542. The SMILES string of the molecule is CC1(C)C2CC(NS(=O)(=O)C=Cc3ccccc3)C(C/C=C/CCCC(=O)O)C1C2. The molecule has 0 spiro atoms. The first-order valence-electron chi connectivity index (χ1n) is 10.8. The quantitative estimate of drug-likeness (QED) is 0.411. The number of hydrogen-bond donors (Lipinski definition) is 2. The van der Waals surface area contributed by atoms with Crippen LogP contribution in [0.3, 0.4) is 0 Å². The van der Waals surface area contributed by atoms with E-state index >= 15 is 0 Å². The molecule has 5 nitrogen and oxygen atoms in total. The van der Waals surface area contributed by atoms with Crippen molar-refractivity contribution in [3.05, 3.63) is 53.5 Å². The van der Waals surface area contributed by atoms with Crippen LogP contribution in [0.1, 0.15) is 57.9 Å². The lowest BCUT2D eigenvalue weighted by molar-refractivity contribution is -0.137. The van der Waals surface area contributed by atoms with Crippen molar-refractivity contribution in [3.8, 4) is 0 Å². The smallest absolute Gasteiger partial charge is 0.303 e. The molecule has 1 aromatic carbocycles. The van der Waals surface area contributed by atoms with Gasteiger partial charge in [-0.1, -0.05) is 56.3 Å². The van der Waals surface area contributed by atoms with E-state index in [4.69, 9.17) is 5.11 Å². The van der Waals surface area contributed by atoms with Crippen molar-refractivity contribution in [2.75, 3.05) is 0 Å². The van der Waals surface area contributed by atoms with Crippen LogP contribution in [0.5, 0.6) is 0 Å². The second-order valence-corrected chi connectivity index (χ2v) is 10.8. The highest BCUT2D eigenvalue weighted by Crippen LogP contribution is 2.62. The number of benzene rings is 1. The van der Waals surface area contributed by atoms with Crippen molar-refractivity contribution >= 4 is 22.1 Å². The number of hydrogen-bond acceptors (Lipinski definition) is 3. The molecule has 3 saturated carbocycles. The van der Waals surface area contributed by atoms with E-state index in [1.54, 1.807) is 6.08 Å². The highest BCUT2D eigenvalue weighted by Gasteiger charge is 2.57. The van der Waals surface area contributed by atoms with E-state index in [1.165, 1.54) is 11.8 Å². The summed E-state index contributed by atoms with van der Waals surface area (Å²) < 4.78 is 28.4. The van der Waals surface area contributed by atoms with Gasteiger partial charge >= 0.3 is 5.97 Å². The number of carbonyl (C=O) groups is 1. The first kappa shape index (κ1) is 22.8. The third-order valence-corrected chi connectivity index (χ3v) is 8.14. The summed E-state index contributed by atoms with van der Waals surface area (Å²) in [6.07, 6.45) is 10.2. The van der Waals surface area contributed by atoms with Crippen LogP contribution in [0.4, 0.5) is 0 Å². The molecule has 4 unspecified atom stereocenters. The van der Waals surface area contributed by atoms with Crippen LogP contribution < -0.4 is 4.72 Å². The molecule has 4 rings (SSSR count). The van der Waals surface area contributed by atoms with Gasteiger partial charge in [-0.05, 0) is 66.9 Å². The normalized spacial score (nSPS) is 27.9. The molecule has 0 radical (unpaired) electrons. The Morgan fingerprint density at radius 2 is 1.93 bits per heavy atom. The van der Waals surface area contributed by atoms with E-state index in [9.17, 15) is 13.2 Å². The molecule has 6 heteroatoms. The summed E-state index contributed by atoms with van der Waals surface area (Å²) in [4.78, 5) is 10.6. The van der Waals surface area contributed by atoms with Crippen LogP contribution >= 0.6 is 0 Å². The number of rotatable bonds is 10. The summed E-state index contributed by atoms with van der Waals surface area (Å²) in [6, 6.07) is 9.37. The minimum Gasteiger partial charge on any atom is -0.481 e. The minimum absolute atomic E-state index is 0.0594. The van der Waals surface area contributed by atoms with Gasteiger partial charge in [-0.25, -0.2) is 13.1 Å². The van der Waals surface area contributed by atoms with Gasteiger partial charge < -0.3 is 5.11 Å². The molecular formula is C24H33NO4S. The first-order valence-corrected chi connectivity index (χ1v) is 12.4. The van der Waals surface area contributed by atoms with E-state index in [0.717, 1.165) is 24.8 Å². The van der Waals surface area contributed by atoms with Crippen molar-refractivity contribution in [2.45, 2.75) is 58.4 Å². The third-order valence-electron chi connectivity index (χ3n) is 7.01. The lowest BCUT2D eigenvalue weighted by atomic mass is 9.44. The number of fused-ring (bicyclic) bond motifs is 2. The molecule has 3 aliphatic rings. The highest BCUT2D eigenvalue weighted by atomic mass is 32.2. The molecule has 0 saturated heterocycles. The largest absolute Gasteiger partial charge is 0.481 e. The lowest BCUT2D eigenvalue weighted by Gasteiger charge is -2.62. The van der Waals surface area contributed by atoms with Crippen LogP contribution in [0.2, 0.25) is 0 Å². The topological polar surface area (TPSA) is 83.5 Å². The van der Waals surface area contributed by atoms with Crippen molar-refractivity contribution < 1.29 is 18.3 Å². The number of unbranched alkanes of at least 4 members (excludes halogenated alkanes) is 1. The standard InChI is InChI=1S/C24H33NO4S/c1-24(2)19-16-21(24)20(12-8-3-4-9-13-23(26)27)22(17-19)25-30(28,29)15-14-18-10-6-5-7-11-18/h3,5-8,10-11,14-15,19-22,25H,4,9,12-13,16-17H2,1-2H3,(H,26,27)/b8-3+,15-14?. The van der Waals surface area contributed by atoms with Gasteiger partial charge in [0, 0.05) is 17.9 Å². The Bertz CT molecular complexity index is 889. The van der Waals surface area contributed by atoms with Crippen molar-refractivity contribution in [1.29, 1.82) is 0 Å². The average Bonchev–Trinajstić information content (AvgIpc) is 2.70. The molecule has 0 aromatic heterocycles. The molecule has 0 amide bonds. The summed E-state index contributed by atoms with van der Waals surface area (Å²) >= 11 is 0. The number of carboxylic acid groups (broad SMARTS) is 1. The fourth-order valence-corrected chi connectivity index (χ4v) is 6.24. The predicted octanol–water partition coefficient (Wildman–Crippen LogP) is 4.83. The molecule has 3 aliphatic carbocycles. The Labute approximate surface area is 180 Å². The number of allylic oxidation sites excluding steroid dienone is 2. The Balaban J connectivity index is 1.63. The molecule has 0 aliphatic heterocycles. The lowest BCUT2D eigenvalue weighted by Crippen LogP contribution is -2.61. The van der Waals surface area contributed by atoms with E-state index < -0.39 is 16.0 Å². The molecule has 2 N–H and O–H groups in total. The van der Waals surface area contributed by atoms with E-state index in [0.29, 0.717) is 18.3 Å². The van der Waals surface area contributed by atoms with Gasteiger partial charge in [-0.3, -0.25) is 4.79 Å². The molecule has 164 valence electrons. The number of sulfonamides is 1. The van der Waals surface area contributed by atoms with Gasteiger partial charge in [0.05, 0.1) is 0 Å². The predicted molar refractivity (Wildman–Crippen MR) is 120 cm³/mol. The van der Waals surface area contributed by atoms with Gasteiger partial charge in [0.2, 0.25) is 10.0 Å². The van der Waals surface area contributed by atoms with Crippen LogP contribution in [0.15, 0.2) is 47.9 Å². The highest BCUT2D eigenvalue weighted by molar-refractivity contribution is 7.92. The van der Waals surface area contributed by atoms with Gasteiger partial charge in [0.25, 0.3) is 0 Å². The second-order valence-electron chi connectivity index (χ2n) is 9.24. The van der Waals surface area contributed by atoms with Gasteiger partial charge in [-0.2, -0.15) is 0 Å². The Morgan fingerprint density at radius 3 is 2.60 bits per heavy atom. The van der Waals surface area contributed by atoms with Crippen LogP contribution in [0, 0.1) is 23.2 Å². The zero-order valence-electron chi connectivity index (χ0n) is 17.8. The molecule has 3 fully saturated rings.